The van der Waals surface area contributed by atoms with E-state index in [1.165, 1.54) is 4.68 Å². The molecule has 1 amide bonds. The zero-order valence-electron chi connectivity index (χ0n) is 16.4. The van der Waals surface area contributed by atoms with Crippen LogP contribution >= 0.6 is 0 Å². The van der Waals surface area contributed by atoms with Crippen LogP contribution in [0, 0.1) is 0 Å². The largest absolute Gasteiger partial charge is 0.496 e. The molecule has 2 aromatic carbocycles. The van der Waals surface area contributed by atoms with Crippen molar-refractivity contribution in [1.82, 2.24) is 19.5 Å². The summed E-state index contributed by atoms with van der Waals surface area (Å²) in [6, 6.07) is 17.1. The van der Waals surface area contributed by atoms with Gasteiger partial charge in [0.05, 0.1) is 12.6 Å². The third kappa shape index (κ3) is 3.47. The molecule has 4 rings (SSSR count). The first-order chi connectivity index (χ1) is 14.1. The normalized spacial score (nSPS) is 11.1. The minimum Gasteiger partial charge on any atom is -0.496 e. The van der Waals surface area contributed by atoms with Crippen LogP contribution < -0.4 is 15.6 Å². The van der Waals surface area contributed by atoms with E-state index >= 15 is 0 Å². The number of fused-ring (bicyclic) bond motifs is 3. The van der Waals surface area contributed by atoms with Crippen molar-refractivity contribution < 1.29 is 9.53 Å². The number of aryl methyl sites for hydroxylation is 1. The van der Waals surface area contributed by atoms with E-state index in [0.29, 0.717) is 24.2 Å². The Morgan fingerprint density at radius 1 is 1.10 bits per heavy atom. The number of nitrogens with zero attached hydrogens (tertiary/aromatic N) is 3. The minimum atomic E-state index is -0.286. The van der Waals surface area contributed by atoms with E-state index < -0.39 is 0 Å². The molecule has 0 spiro atoms. The third-order valence-corrected chi connectivity index (χ3v) is 4.94. The standard InChI is InChI=1S/C22H22N4O3/c1-3-20-24-25(14-21(27)23-13-16-9-5-7-11-19(16)29-2)22(28)18-12-15-8-4-6-10-17(15)26(18)20/h4-12H,3,13-14H2,1-2H3,(H,23,27). The second-order valence-electron chi connectivity index (χ2n) is 6.74. The smallest absolute Gasteiger partial charge is 0.291 e. The maximum Gasteiger partial charge on any atom is 0.291 e. The average molecular weight is 390 g/mol. The zero-order valence-corrected chi connectivity index (χ0v) is 16.4. The molecule has 0 unspecified atom stereocenters. The summed E-state index contributed by atoms with van der Waals surface area (Å²) < 4.78 is 8.42. The number of amides is 1. The van der Waals surface area contributed by atoms with Gasteiger partial charge in [0.1, 0.15) is 23.6 Å². The highest BCUT2D eigenvalue weighted by Gasteiger charge is 2.15. The van der Waals surface area contributed by atoms with Gasteiger partial charge in [0.2, 0.25) is 5.91 Å². The van der Waals surface area contributed by atoms with Crippen LogP contribution in [-0.2, 0) is 24.3 Å². The number of ether oxygens (including phenoxy) is 1. The molecule has 4 aromatic rings. The van der Waals surface area contributed by atoms with Crippen molar-refractivity contribution in [2.75, 3.05) is 7.11 Å². The summed E-state index contributed by atoms with van der Waals surface area (Å²) in [5.74, 6) is 1.16. The number of benzene rings is 2. The number of hydrogen-bond acceptors (Lipinski definition) is 4. The number of hydrogen-bond donors (Lipinski definition) is 1. The van der Waals surface area contributed by atoms with Crippen LogP contribution in [0.2, 0.25) is 0 Å². The van der Waals surface area contributed by atoms with Crippen molar-refractivity contribution >= 4 is 22.3 Å². The lowest BCUT2D eigenvalue weighted by Crippen LogP contribution is -2.35. The Labute approximate surface area is 167 Å². The van der Waals surface area contributed by atoms with Gasteiger partial charge in [-0.3, -0.25) is 14.0 Å². The van der Waals surface area contributed by atoms with E-state index in [2.05, 4.69) is 10.4 Å². The van der Waals surface area contributed by atoms with Crippen LogP contribution in [0.15, 0.2) is 59.4 Å². The molecule has 0 aliphatic heterocycles. The Kier molecular flexibility index (Phi) is 5.03. The SMILES string of the molecule is CCc1nn(CC(=O)NCc2ccccc2OC)c(=O)c2cc3ccccc3n12. The van der Waals surface area contributed by atoms with Crippen molar-refractivity contribution in [3.05, 3.63) is 76.3 Å². The second-order valence-corrected chi connectivity index (χ2v) is 6.74. The predicted molar refractivity (Wildman–Crippen MR) is 111 cm³/mol. The molecule has 0 aliphatic rings. The maximum atomic E-state index is 13.0. The van der Waals surface area contributed by atoms with Crippen LogP contribution in [0.4, 0.5) is 0 Å². The van der Waals surface area contributed by atoms with E-state index in [1.54, 1.807) is 7.11 Å². The summed E-state index contributed by atoms with van der Waals surface area (Å²) in [7, 11) is 1.59. The molecule has 7 nitrogen and oxygen atoms in total. The molecule has 0 bridgehead atoms. The molecule has 0 fully saturated rings. The molecule has 0 saturated carbocycles. The van der Waals surface area contributed by atoms with Crippen LogP contribution in [0.5, 0.6) is 5.75 Å². The highest BCUT2D eigenvalue weighted by Crippen LogP contribution is 2.19. The van der Waals surface area contributed by atoms with Gasteiger partial charge < -0.3 is 10.1 Å². The van der Waals surface area contributed by atoms with Gasteiger partial charge in [-0.05, 0) is 18.2 Å². The lowest BCUT2D eigenvalue weighted by molar-refractivity contribution is -0.122. The van der Waals surface area contributed by atoms with E-state index in [0.717, 1.165) is 22.3 Å². The first-order valence-electron chi connectivity index (χ1n) is 9.51. The van der Waals surface area contributed by atoms with Crippen LogP contribution in [0.25, 0.3) is 16.4 Å². The number of rotatable bonds is 6. The van der Waals surface area contributed by atoms with Gasteiger partial charge in [0.25, 0.3) is 5.56 Å². The van der Waals surface area contributed by atoms with E-state index in [1.807, 2.05) is 65.9 Å². The van der Waals surface area contributed by atoms with Crippen molar-refractivity contribution in [1.29, 1.82) is 0 Å². The number of methoxy groups -OCH3 is 1. The first-order valence-corrected chi connectivity index (χ1v) is 9.51. The van der Waals surface area contributed by atoms with Gasteiger partial charge in [-0.2, -0.15) is 5.10 Å². The summed E-state index contributed by atoms with van der Waals surface area (Å²) in [5, 5.41) is 8.26. The summed E-state index contributed by atoms with van der Waals surface area (Å²) in [4.78, 5) is 25.4. The van der Waals surface area contributed by atoms with E-state index in [4.69, 9.17) is 4.74 Å². The van der Waals surface area contributed by atoms with Gasteiger partial charge in [-0.15, -0.1) is 0 Å². The summed E-state index contributed by atoms with van der Waals surface area (Å²) >= 11 is 0. The van der Waals surface area contributed by atoms with Crippen molar-refractivity contribution in [2.45, 2.75) is 26.4 Å². The van der Waals surface area contributed by atoms with Gasteiger partial charge in [-0.25, -0.2) is 4.68 Å². The second kappa shape index (κ2) is 7.79. The quantitative estimate of drug-likeness (QED) is 0.549. The van der Waals surface area contributed by atoms with Crippen LogP contribution in [0.3, 0.4) is 0 Å². The Hall–Kier alpha value is -3.61. The highest BCUT2D eigenvalue weighted by molar-refractivity contribution is 5.87. The van der Waals surface area contributed by atoms with Crippen LogP contribution in [0.1, 0.15) is 18.3 Å². The first kappa shape index (κ1) is 18.7. The maximum absolute atomic E-state index is 13.0. The minimum absolute atomic E-state index is 0.140. The number of para-hydroxylation sites is 2. The number of carbonyl (C=O) groups excluding carboxylic acids is 1. The van der Waals surface area contributed by atoms with Crippen molar-refractivity contribution in [3.63, 3.8) is 0 Å². The summed E-state index contributed by atoms with van der Waals surface area (Å²) in [6.07, 6.45) is 0.637. The molecule has 0 aliphatic carbocycles. The van der Waals surface area contributed by atoms with Gasteiger partial charge in [-0.1, -0.05) is 43.3 Å². The Balaban J connectivity index is 1.62. The molecule has 148 valence electrons. The zero-order chi connectivity index (χ0) is 20.4. The fraction of sp³-hybridized carbons (Fsp3) is 0.227. The molecule has 2 heterocycles. The van der Waals surface area contributed by atoms with Crippen molar-refractivity contribution in [3.8, 4) is 5.75 Å². The number of carbonyl (C=O) groups is 1. The van der Waals surface area contributed by atoms with Gasteiger partial charge >= 0.3 is 0 Å². The number of aromatic nitrogens is 3. The molecule has 0 saturated heterocycles. The summed E-state index contributed by atoms with van der Waals surface area (Å²) in [6.45, 7) is 2.15. The highest BCUT2D eigenvalue weighted by atomic mass is 16.5. The molecule has 0 atom stereocenters. The molecule has 7 heteroatoms. The predicted octanol–water partition coefficient (Wildman–Crippen LogP) is 2.54. The molecule has 0 radical (unpaired) electrons. The molecule has 29 heavy (non-hydrogen) atoms. The topological polar surface area (TPSA) is 77.6 Å². The summed E-state index contributed by atoms with van der Waals surface area (Å²) in [5.41, 5.74) is 2.05. The van der Waals surface area contributed by atoms with E-state index in [9.17, 15) is 9.59 Å². The molecule has 1 N–H and O–H groups in total. The number of nitrogens with one attached hydrogen (secondary N) is 1. The Morgan fingerprint density at radius 2 is 1.86 bits per heavy atom. The Bertz CT molecular complexity index is 1260. The average Bonchev–Trinajstić information content (AvgIpc) is 3.14. The Morgan fingerprint density at radius 3 is 2.66 bits per heavy atom. The fourth-order valence-corrected chi connectivity index (χ4v) is 3.52. The fourth-order valence-electron chi connectivity index (χ4n) is 3.52. The molecular weight excluding hydrogens is 368 g/mol. The van der Waals surface area contributed by atoms with Crippen molar-refractivity contribution in [2.24, 2.45) is 0 Å². The lowest BCUT2D eigenvalue weighted by Gasteiger charge is -2.12. The molecular formula is C22H22N4O3. The molecule has 2 aromatic heterocycles. The third-order valence-electron chi connectivity index (χ3n) is 4.94. The van der Waals surface area contributed by atoms with Gasteiger partial charge in [0, 0.05) is 23.9 Å². The van der Waals surface area contributed by atoms with Gasteiger partial charge in [0.15, 0.2) is 0 Å². The lowest BCUT2D eigenvalue weighted by atomic mass is 10.2. The monoisotopic (exact) mass is 390 g/mol. The van der Waals surface area contributed by atoms with Crippen LogP contribution in [-0.4, -0.2) is 27.2 Å². The van der Waals surface area contributed by atoms with E-state index in [-0.39, 0.29) is 18.0 Å².